The molecule has 0 bridgehead atoms. The van der Waals surface area contributed by atoms with E-state index in [4.69, 9.17) is 4.74 Å². The fourth-order valence-electron chi connectivity index (χ4n) is 3.77. The molecule has 2 aromatic carbocycles. The van der Waals surface area contributed by atoms with Gasteiger partial charge in [-0.3, -0.25) is 9.69 Å². The van der Waals surface area contributed by atoms with Gasteiger partial charge in [-0.2, -0.15) is 0 Å². The summed E-state index contributed by atoms with van der Waals surface area (Å²) >= 11 is 0. The molecule has 1 aliphatic rings. The molecule has 1 heterocycles. The SMILES string of the molecule is CCc1ccc(C(c2cccc(OC)c2)N2CCC(C(=O)O)CC2)cc1. The summed E-state index contributed by atoms with van der Waals surface area (Å²) in [5.74, 6) is -0.0485. The standard InChI is InChI=1S/C22H27NO3/c1-3-16-7-9-17(10-8-16)21(19-5-4-6-20(15-19)26-2)23-13-11-18(12-14-23)22(24)25/h4-10,15,18,21H,3,11-14H2,1-2H3,(H,24,25). The van der Waals surface area contributed by atoms with Crippen molar-refractivity contribution in [2.45, 2.75) is 32.2 Å². The van der Waals surface area contributed by atoms with E-state index in [-0.39, 0.29) is 12.0 Å². The van der Waals surface area contributed by atoms with Gasteiger partial charge in [-0.05, 0) is 61.2 Å². The number of benzene rings is 2. The van der Waals surface area contributed by atoms with E-state index in [0.29, 0.717) is 12.8 Å². The van der Waals surface area contributed by atoms with Crippen LogP contribution in [-0.2, 0) is 11.2 Å². The van der Waals surface area contributed by atoms with Gasteiger partial charge in [-0.15, -0.1) is 0 Å². The van der Waals surface area contributed by atoms with Crippen molar-refractivity contribution in [3.8, 4) is 5.75 Å². The number of carboxylic acids is 1. The second kappa shape index (κ2) is 8.37. The highest BCUT2D eigenvalue weighted by molar-refractivity contribution is 5.70. The van der Waals surface area contributed by atoms with E-state index in [1.807, 2.05) is 12.1 Å². The quantitative estimate of drug-likeness (QED) is 0.848. The van der Waals surface area contributed by atoms with Crippen LogP contribution in [0, 0.1) is 5.92 Å². The Hall–Kier alpha value is -2.33. The lowest BCUT2D eigenvalue weighted by Crippen LogP contribution is -2.39. The summed E-state index contributed by atoms with van der Waals surface area (Å²) in [6.07, 6.45) is 2.42. The zero-order valence-electron chi connectivity index (χ0n) is 15.5. The van der Waals surface area contributed by atoms with Crippen LogP contribution in [-0.4, -0.2) is 36.2 Å². The minimum absolute atomic E-state index is 0.116. The molecule has 1 atom stereocenters. The van der Waals surface area contributed by atoms with Crippen LogP contribution in [0.25, 0.3) is 0 Å². The van der Waals surface area contributed by atoms with Crippen molar-refractivity contribution in [2.24, 2.45) is 5.92 Å². The van der Waals surface area contributed by atoms with Crippen molar-refractivity contribution >= 4 is 5.97 Å². The molecule has 138 valence electrons. The predicted molar refractivity (Wildman–Crippen MR) is 103 cm³/mol. The van der Waals surface area contributed by atoms with Gasteiger partial charge in [-0.25, -0.2) is 0 Å². The Kier molecular flexibility index (Phi) is 5.94. The van der Waals surface area contributed by atoms with Crippen molar-refractivity contribution in [1.29, 1.82) is 0 Å². The van der Waals surface area contributed by atoms with E-state index in [2.05, 4.69) is 48.2 Å². The predicted octanol–water partition coefficient (Wildman–Crippen LogP) is 4.14. The summed E-state index contributed by atoms with van der Waals surface area (Å²) in [6.45, 7) is 3.73. The molecule has 1 fully saturated rings. The van der Waals surface area contributed by atoms with Crippen LogP contribution in [0.1, 0.15) is 42.5 Å². The first-order chi connectivity index (χ1) is 12.6. The van der Waals surface area contributed by atoms with Crippen LogP contribution in [0.2, 0.25) is 0 Å². The molecule has 1 aliphatic heterocycles. The minimum Gasteiger partial charge on any atom is -0.497 e. The van der Waals surface area contributed by atoms with Crippen LogP contribution in [0.3, 0.4) is 0 Å². The molecule has 26 heavy (non-hydrogen) atoms. The first-order valence-corrected chi connectivity index (χ1v) is 9.32. The molecule has 3 rings (SSSR count). The number of ether oxygens (including phenoxy) is 1. The first kappa shape index (κ1) is 18.5. The zero-order valence-corrected chi connectivity index (χ0v) is 15.5. The maximum atomic E-state index is 11.3. The third-order valence-corrected chi connectivity index (χ3v) is 5.36. The number of aliphatic carboxylic acids is 1. The van der Waals surface area contributed by atoms with Crippen molar-refractivity contribution in [2.75, 3.05) is 20.2 Å². The van der Waals surface area contributed by atoms with Crippen molar-refractivity contribution in [3.63, 3.8) is 0 Å². The van der Waals surface area contributed by atoms with Crippen LogP contribution in [0.15, 0.2) is 48.5 Å². The maximum absolute atomic E-state index is 11.3. The first-order valence-electron chi connectivity index (χ1n) is 9.32. The van der Waals surface area contributed by atoms with Crippen molar-refractivity contribution in [3.05, 3.63) is 65.2 Å². The Morgan fingerprint density at radius 1 is 1.15 bits per heavy atom. The summed E-state index contributed by atoms with van der Waals surface area (Å²) in [7, 11) is 1.68. The van der Waals surface area contributed by atoms with E-state index in [1.165, 1.54) is 16.7 Å². The Balaban J connectivity index is 1.92. The number of aryl methyl sites for hydroxylation is 1. The molecule has 2 aromatic rings. The van der Waals surface area contributed by atoms with Gasteiger partial charge in [0.15, 0.2) is 0 Å². The number of likely N-dealkylation sites (tertiary alicyclic amines) is 1. The number of hydrogen-bond donors (Lipinski definition) is 1. The summed E-state index contributed by atoms with van der Waals surface area (Å²) < 4.78 is 5.42. The molecule has 0 spiro atoms. The van der Waals surface area contributed by atoms with Gasteiger partial charge in [0, 0.05) is 0 Å². The molecule has 0 saturated carbocycles. The normalized spacial score (nSPS) is 17.0. The number of rotatable bonds is 6. The topological polar surface area (TPSA) is 49.8 Å². The van der Waals surface area contributed by atoms with E-state index < -0.39 is 5.97 Å². The molecule has 0 radical (unpaired) electrons. The lowest BCUT2D eigenvalue weighted by molar-refractivity contribution is -0.143. The molecule has 0 aromatic heterocycles. The van der Waals surface area contributed by atoms with Gasteiger partial charge in [0.2, 0.25) is 0 Å². The summed E-state index contributed by atoms with van der Waals surface area (Å²) in [5.41, 5.74) is 3.74. The number of carboxylic acid groups (broad SMARTS) is 1. The molecule has 1 saturated heterocycles. The highest BCUT2D eigenvalue weighted by Gasteiger charge is 2.30. The molecule has 1 N–H and O–H groups in total. The fourth-order valence-corrected chi connectivity index (χ4v) is 3.77. The van der Waals surface area contributed by atoms with Gasteiger partial charge < -0.3 is 9.84 Å². The number of carbonyl (C=O) groups is 1. The average molecular weight is 353 g/mol. The zero-order chi connectivity index (χ0) is 18.5. The Morgan fingerprint density at radius 2 is 1.85 bits per heavy atom. The highest BCUT2D eigenvalue weighted by Crippen LogP contribution is 2.34. The molecule has 0 aliphatic carbocycles. The third kappa shape index (κ3) is 4.07. The molecule has 4 nitrogen and oxygen atoms in total. The average Bonchev–Trinajstić information content (AvgIpc) is 2.69. The van der Waals surface area contributed by atoms with E-state index in [9.17, 15) is 9.90 Å². The van der Waals surface area contributed by atoms with Crippen LogP contribution >= 0.6 is 0 Å². The third-order valence-electron chi connectivity index (χ3n) is 5.36. The summed E-state index contributed by atoms with van der Waals surface area (Å²) in [5, 5.41) is 9.29. The molecule has 4 heteroatoms. The van der Waals surface area contributed by atoms with Gasteiger partial charge in [0.1, 0.15) is 5.75 Å². The number of hydrogen-bond acceptors (Lipinski definition) is 3. The van der Waals surface area contributed by atoms with Crippen LogP contribution < -0.4 is 4.74 Å². The smallest absolute Gasteiger partial charge is 0.306 e. The summed E-state index contributed by atoms with van der Waals surface area (Å²) in [4.78, 5) is 13.7. The number of nitrogens with zero attached hydrogens (tertiary/aromatic N) is 1. The number of piperidine rings is 1. The van der Waals surface area contributed by atoms with E-state index in [0.717, 1.165) is 25.3 Å². The lowest BCUT2D eigenvalue weighted by atomic mass is 9.91. The van der Waals surface area contributed by atoms with Crippen LogP contribution in [0.4, 0.5) is 0 Å². The monoisotopic (exact) mass is 353 g/mol. The van der Waals surface area contributed by atoms with Gasteiger partial charge in [0.05, 0.1) is 19.1 Å². The second-order valence-corrected chi connectivity index (χ2v) is 6.92. The van der Waals surface area contributed by atoms with E-state index in [1.54, 1.807) is 7.11 Å². The van der Waals surface area contributed by atoms with Crippen molar-refractivity contribution in [1.82, 2.24) is 4.90 Å². The Morgan fingerprint density at radius 3 is 2.42 bits per heavy atom. The maximum Gasteiger partial charge on any atom is 0.306 e. The molecular weight excluding hydrogens is 326 g/mol. The minimum atomic E-state index is -0.671. The molecule has 0 amide bonds. The fraction of sp³-hybridized carbons (Fsp3) is 0.409. The van der Waals surface area contributed by atoms with Gasteiger partial charge >= 0.3 is 5.97 Å². The van der Waals surface area contributed by atoms with E-state index >= 15 is 0 Å². The molecule has 1 unspecified atom stereocenters. The highest BCUT2D eigenvalue weighted by atomic mass is 16.5. The van der Waals surface area contributed by atoms with Gasteiger partial charge in [0.25, 0.3) is 0 Å². The van der Waals surface area contributed by atoms with Gasteiger partial charge in [-0.1, -0.05) is 43.3 Å². The van der Waals surface area contributed by atoms with Crippen LogP contribution in [0.5, 0.6) is 5.75 Å². The number of methoxy groups -OCH3 is 1. The largest absolute Gasteiger partial charge is 0.497 e. The second-order valence-electron chi connectivity index (χ2n) is 6.92. The lowest BCUT2D eigenvalue weighted by Gasteiger charge is -2.37. The molecular formula is C22H27NO3. The Bertz CT molecular complexity index is 733. The van der Waals surface area contributed by atoms with Crippen molar-refractivity contribution < 1.29 is 14.6 Å². The Labute approximate surface area is 155 Å². The summed E-state index contributed by atoms with van der Waals surface area (Å²) in [6, 6.07) is 17.1.